The van der Waals surface area contributed by atoms with Crippen LogP contribution in [0.4, 0.5) is 28.8 Å². The summed E-state index contributed by atoms with van der Waals surface area (Å²) in [5.74, 6) is 3.33. The van der Waals surface area contributed by atoms with E-state index in [-0.39, 0.29) is 0 Å². The van der Waals surface area contributed by atoms with Crippen molar-refractivity contribution in [2.75, 3.05) is 48.8 Å². The molecule has 2 N–H and O–H groups in total. The molecule has 1 saturated heterocycles. The van der Waals surface area contributed by atoms with Gasteiger partial charge in [0, 0.05) is 55.4 Å². The number of piperazine rings is 1. The maximum absolute atomic E-state index is 4.68. The van der Waals surface area contributed by atoms with E-state index in [0.29, 0.717) is 0 Å². The molecule has 31 heavy (non-hydrogen) atoms. The molecule has 0 bridgehead atoms. The molecule has 1 fully saturated rings. The van der Waals surface area contributed by atoms with E-state index >= 15 is 0 Å². The highest BCUT2D eigenvalue weighted by Crippen LogP contribution is 2.27. The molecule has 0 radical (unpaired) electrons. The largest absolute Gasteiger partial charge is 0.354 e. The lowest BCUT2D eigenvalue weighted by Crippen LogP contribution is -2.44. The van der Waals surface area contributed by atoms with Gasteiger partial charge < -0.3 is 20.4 Å². The van der Waals surface area contributed by atoms with Crippen molar-refractivity contribution in [1.29, 1.82) is 0 Å². The van der Waals surface area contributed by atoms with Gasteiger partial charge in [0.1, 0.15) is 29.6 Å². The SMILES string of the molecule is CCc1ccc(Nc2cc(C)ncn2)cc1Nc1cc(N2CCN(C)CC2)nc(C)n1. The zero-order valence-corrected chi connectivity index (χ0v) is 18.7. The van der Waals surface area contributed by atoms with Crippen molar-refractivity contribution in [3.8, 4) is 0 Å². The van der Waals surface area contributed by atoms with Crippen LogP contribution in [0, 0.1) is 13.8 Å². The number of aryl methyl sites for hydroxylation is 3. The van der Waals surface area contributed by atoms with E-state index in [1.165, 1.54) is 5.56 Å². The molecule has 0 atom stereocenters. The molecule has 8 heteroatoms. The molecule has 1 aliphatic rings. The van der Waals surface area contributed by atoms with Crippen molar-refractivity contribution < 1.29 is 0 Å². The van der Waals surface area contributed by atoms with E-state index in [1.54, 1.807) is 6.33 Å². The van der Waals surface area contributed by atoms with E-state index in [9.17, 15) is 0 Å². The minimum Gasteiger partial charge on any atom is -0.354 e. The highest BCUT2D eigenvalue weighted by Gasteiger charge is 2.17. The molecular formula is C23H30N8. The Kier molecular flexibility index (Phi) is 6.27. The Morgan fingerprint density at radius 1 is 0.903 bits per heavy atom. The summed E-state index contributed by atoms with van der Waals surface area (Å²) in [5, 5.41) is 6.89. The van der Waals surface area contributed by atoms with Crippen molar-refractivity contribution >= 4 is 28.8 Å². The van der Waals surface area contributed by atoms with E-state index in [1.807, 2.05) is 26.0 Å². The lowest BCUT2D eigenvalue weighted by molar-refractivity contribution is 0.312. The Morgan fingerprint density at radius 2 is 1.71 bits per heavy atom. The summed E-state index contributed by atoms with van der Waals surface area (Å²) in [4.78, 5) is 22.4. The van der Waals surface area contributed by atoms with Crippen molar-refractivity contribution in [3.05, 3.63) is 53.7 Å². The summed E-state index contributed by atoms with van der Waals surface area (Å²) in [5.41, 5.74) is 4.14. The molecule has 0 amide bonds. The number of hydrogen-bond acceptors (Lipinski definition) is 8. The first-order valence-corrected chi connectivity index (χ1v) is 10.7. The lowest BCUT2D eigenvalue weighted by Gasteiger charge is -2.33. The first kappa shape index (κ1) is 21.0. The minimum absolute atomic E-state index is 0.766. The molecule has 1 aromatic carbocycles. The fourth-order valence-corrected chi connectivity index (χ4v) is 3.70. The van der Waals surface area contributed by atoms with Crippen LogP contribution < -0.4 is 15.5 Å². The maximum atomic E-state index is 4.68. The summed E-state index contributed by atoms with van der Waals surface area (Å²) in [7, 11) is 2.16. The Morgan fingerprint density at radius 3 is 2.45 bits per heavy atom. The predicted octanol–water partition coefficient (Wildman–Crippen LogP) is 3.68. The smallest absolute Gasteiger partial charge is 0.136 e. The molecule has 162 valence electrons. The fourth-order valence-electron chi connectivity index (χ4n) is 3.70. The summed E-state index contributed by atoms with van der Waals surface area (Å²) in [6, 6.07) is 10.3. The number of likely N-dealkylation sites (N-methyl/N-ethyl adjacent to an activating group) is 1. The topological polar surface area (TPSA) is 82.1 Å². The van der Waals surface area contributed by atoms with Crippen LogP contribution in [0.15, 0.2) is 36.7 Å². The standard InChI is InChI=1S/C23H30N8/c1-5-18-6-7-19(28-21-12-16(2)24-15-25-21)13-20(18)29-22-14-23(27-17(3)26-22)31-10-8-30(4)9-11-31/h6-7,12-15H,5,8-11H2,1-4H3,(H,24,25,28)(H,26,27,29). The van der Waals surface area contributed by atoms with E-state index in [2.05, 4.69) is 72.5 Å². The summed E-state index contributed by atoms with van der Waals surface area (Å²) in [6.45, 7) is 10.1. The van der Waals surface area contributed by atoms with Crippen LogP contribution in [0.25, 0.3) is 0 Å². The first-order chi connectivity index (χ1) is 15.0. The Bertz CT molecular complexity index is 1040. The van der Waals surface area contributed by atoms with Gasteiger partial charge in [-0.1, -0.05) is 13.0 Å². The normalized spacial score (nSPS) is 14.5. The van der Waals surface area contributed by atoms with Crippen LogP contribution in [-0.4, -0.2) is 58.1 Å². The van der Waals surface area contributed by atoms with E-state index in [0.717, 1.165) is 72.9 Å². The third kappa shape index (κ3) is 5.27. The van der Waals surface area contributed by atoms with Gasteiger partial charge in [-0.2, -0.15) is 0 Å². The van der Waals surface area contributed by atoms with Gasteiger partial charge in [-0.05, 0) is 45.0 Å². The first-order valence-electron chi connectivity index (χ1n) is 10.7. The van der Waals surface area contributed by atoms with Crippen LogP contribution in [0.2, 0.25) is 0 Å². The molecule has 8 nitrogen and oxygen atoms in total. The number of hydrogen-bond donors (Lipinski definition) is 2. The van der Waals surface area contributed by atoms with Crippen LogP contribution >= 0.6 is 0 Å². The Labute approximate surface area is 183 Å². The molecule has 3 aromatic rings. The summed E-state index contributed by atoms with van der Waals surface area (Å²) in [6.07, 6.45) is 2.49. The van der Waals surface area contributed by atoms with Crippen molar-refractivity contribution in [3.63, 3.8) is 0 Å². The van der Waals surface area contributed by atoms with Crippen LogP contribution in [0.5, 0.6) is 0 Å². The van der Waals surface area contributed by atoms with Gasteiger partial charge in [-0.25, -0.2) is 19.9 Å². The second-order valence-electron chi connectivity index (χ2n) is 7.97. The number of nitrogens with zero attached hydrogens (tertiary/aromatic N) is 6. The average molecular weight is 419 g/mol. The van der Waals surface area contributed by atoms with Gasteiger partial charge in [-0.15, -0.1) is 0 Å². The van der Waals surface area contributed by atoms with E-state index < -0.39 is 0 Å². The van der Waals surface area contributed by atoms with Gasteiger partial charge in [0.15, 0.2) is 0 Å². The van der Waals surface area contributed by atoms with Gasteiger partial charge in [0.25, 0.3) is 0 Å². The molecule has 0 spiro atoms. The maximum Gasteiger partial charge on any atom is 0.136 e. The predicted molar refractivity (Wildman–Crippen MR) is 126 cm³/mol. The summed E-state index contributed by atoms with van der Waals surface area (Å²) < 4.78 is 0. The molecule has 2 aromatic heterocycles. The highest BCUT2D eigenvalue weighted by molar-refractivity contribution is 5.70. The third-order valence-corrected chi connectivity index (χ3v) is 5.48. The van der Waals surface area contributed by atoms with Gasteiger partial charge in [0.05, 0.1) is 0 Å². The summed E-state index contributed by atoms with van der Waals surface area (Å²) >= 11 is 0. The highest BCUT2D eigenvalue weighted by atomic mass is 15.3. The average Bonchev–Trinajstić information content (AvgIpc) is 2.74. The number of anilines is 5. The molecule has 0 aliphatic carbocycles. The number of benzene rings is 1. The monoisotopic (exact) mass is 418 g/mol. The van der Waals surface area contributed by atoms with Crippen LogP contribution in [0.1, 0.15) is 24.0 Å². The number of rotatable bonds is 6. The van der Waals surface area contributed by atoms with Gasteiger partial charge >= 0.3 is 0 Å². The zero-order chi connectivity index (χ0) is 21.8. The van der Waals surface area contributed by atoms with Gasteiger partial charge in [-0.3, -0.25) is 0 Å². The Balaban J connectivity index is 1.58. The molecule has 4 rings (SSSR count). The number of nitrogens with one attached hydrogen (secondary N) is 2. The molecule has 0 saturated carbocycles. The third-order valence-electron chi connectivity index (χ3n) is 5.48. The minimum atomic E-state index is 0.766. The molecule has 0 unspecified atom stereocenters. The molecule has 3 heterocycles. The number of aromatic nitrogens is 4. The van der Waals surface area contributed by atoms with Crippen LogP contribution in [-0.2, 0) is 6.42 Å². The zero-order valence-electron chi connectivity index (χ0n) is 18.7. The second kappa shape index (κ2) is 9.26. The Hall–Kier alpha value is -3.26. The molecular weight excluding hydrogens is 388 g/mol. The van der Waals surface area contributed by atoms with E-state index in [4.69, 9.17) is 0 Å². The quantitative estimate of drug-likeness (QED) is 0.627. The van der Waals surface area contributed by atoms with Crippen LogP contribution in [0.3, 0.4) is 0 Å². The van der Waals surface area contributed by atoms with Crippen molar-refractivity contribution in [1.82, 2.24) is 24.8 Å². The lowest BCUT2D eigenvalue weighted by atomic mass is 10.1. The van der Waals surface area contributed by atoms with Gasteiger partial charge in [0.2, 0.25) is 0 Å². The molecule has 1 aliphatic heterocycles. The van der Waals surface area contributed by atoms with Crippen molar-refractivity contribution in [2.45, 2.75) is 27.2 Å². The fraction of sp³-hybridized carbons (Fsp3) is 0.391. The van der Waals surface area contributed by atoms with Crippen molar-refractivity contribution in [2.24, 2.45) is 0 Å². The second-order valence-corrected chi connectivity index (χ2v) is 7.97.